The molecular formula is C23H15ClN2O2S. The van der Waals surface area contributed by atoms with Crippen LogP contribution < -0.4 is 10.1 Å². The molecule has 0 aliphatic carbocycles. The first kappa shape index (κ1) is 19.1. The zero-order valence-corrected chi connectivity index (χ0v) is 16.8. The summed E-state index contributed by atoms with van der Waals surface area (Å²) in [5.41, 5.74) is 1.52. The Morgan fingerprint density at radius 3 is 2.72 bits per heavy atom. The molecule has 142 valence electrons. The third kappa shape index (κ3) is 4.29. The Hall–Kier alpha value is -3.20. The van der Waals surface area contributed by atoms with Crippen LogP contribution in [0.15, 0.2) is 70.6 Å². The van der Waals surface area contributed by atoms with Gasteiger partial charge in [-0.3, -0.25) is 4.79 Å². The van der Waals surface area contributed by atoms with Gasteiger partial charge in [0.25, 0.3) is 5.91 Å². The fourth-order valence-corrected chi connectivity index (χ4v) is 3.86. The molecule has 6 heteroatoms. The third-order valence-electron chi connectivity index (χ3n) is 4.23. The van der Waals surface area contributed by atoms with Gasteiger partial charge in [-0.2, -0.15) is 0 Å². The van der Waals surface area contributed by atoms with Crippen LogP contribution in [0.4, 0.5) is 5.69 Å². The molecule has 0 spiro atoms. The van der Waals surface area contributed by atoms with Crippen molar-refractivity contribution in [3.63, 3.8) is 0 Å². The van der Waals surface area contributed by atoms with Crippen LogP contribution in [0.1, 0.15) is 5.56 Å². The number of ether oxygens (including phenoxy) is 1. The van der Waals surface area contributed by atoms with E-state index >= 15 is 0 Å². The van der Waals surface area contributed by atoms with E-state index in [9.17, 15) is 4.79 Å². The van der Waals surface area contributed by atoms with Gasteiger partial charge in [-0.05, 0) is 58.9 Å². The molecule has 0 saturated carbocycles. The number of aliphatic imine (C=N–C) groups is 1. The van der Waals surface area contributed by atoms with Crippen molar-refractivity contribution in [2.45, 2.75) is 0 Å². The molecule has 0 bridgehead atoms. The van der Waals surface area contributed by atoms with Crippen molar-refractivity contribution in [3.05, 3.63) is 76.2 Å². The van der Waals surface area contributed by atoms with E-state index in [1.165, 1.54) is 11.8 Å². The van der Waals surface area contributed by atoms with Crippen molar-refractivity contribution < 1.29 is 9.53 Å². The summed E-state index contributed by atoms with van der Waals surface area (Å²) in [5, 5.41) is 5.96. The van der Waals surface area contributed by atoms with Crippen molar-refractivity contribution in [2.75, 3.05) is 6.61 Å². The summed E-state index contributed by atoms with van der Waals surface area (Å²) in [6.45, 7) is 0.150. The molecule has 4 rings (SSSR count). The van der Waals surface area contributed by atoms with E-state index in [0.717, 1.165) is 16.3 Å². The van der Waals surface area contributed by atoms with Gasteiger partial charge in [0.2, 0.25) is 0 Å². The summed E-state index contributed by atoms with van der Waals surface area (Å²) < 4.78 is 5.71. The van der Waals surface area contributed by atoms with Crippen LogP contribution in [0.5, 0.6) is 5.75 Å². The second-order valence-corrected chi connectivity index (χ2v) is 7.62. The lowest BCUT2D eigenvalue weighted by atomic mass is 10.0. The maximum Gasteiger partial charge on any atom is 0.264 e. The molecule has 29 heavy (non-hydrogen) atoms. The van der Waals surface area contributed by atoms with Crippen molar-refractivity contribution in [3.8, 4) is 18.1 Å². The first-order valence-electron chi connectivity index (χ1n) is 8.77. The monoisotopic (exact) mass is 418 g/mol. The number of hydrogen-bond acceptors (Lipinski definition) is 4. The quantitative estimate of drug-likeness (QED) is 0.456. The molecule has 3 aromatic rings. The maximum atomic E-state index is 12.5. The number of amidine groups is 1. The molecule has 0 unspecified atom stereocenters. The molecular weight excluding hydrogens is 404 g/mol. The highest BCUT2D eigenvalue weighted by molar-refractivity contribution is 8.18. The van der Waals surface area contributed by atoms with E-state index in [1.54, 1.807) is 24.3 Å². The van der Waals surface area contributed by atoms with Crippen LogP contribution in [0.2, 0.25) is 5.02 Å². The van der Waals surface area contributed by atoms with Gasteiger partial charge in [0.15, 0.2) is 5.17 Å². The Morgan fingerprint density at radius 1 is 1.14 bits per heavy atom. The van der Waals surface area contributed by atoms with Crippen molar-refractivity contribution in [2.24, 2.45) is 4.99 Å². The number of terminal acetylenes is 1. The Labute approximate surface area is 177 Å². The SMILES string of the molecule is C#CCOc1ccc2ccccc2c1/C=C1\SC(=Nc2ccc(Cl)cc2)NC1=O. The Bertz CT molecular complexity index is 1190. The number of nitrogens with zero attached hydrogens (tertiary/aromatic N) is 1. The number of fused-ring (bicyclic) bond motifs is 1. The summed E-state index contributed by atoms with van der Waals surface area (Å²) in [6.07, 6.45) is 7.16. The minimum absolute atomic E-state index is 0.150. The average Bonchev–Trinajstić information content (AvgIpc) is 3.08. The van der Waals surface area contributed by atoms with Gasteiger partial charge in [-0.15, -0.1) is 6.42 Å². The first-order valence-corrected chi connectivity index (χ1v) is 9.96. The highest BCUT2D eigenvalue weighted by Crippen LogP contribution is 2.34. The Balaban J connectivity index is 1.72. The molecule has 0 aromatic heterocycles. The minimum atomic E-state index is -0.210. The van der Waals surface area contributed by atoms with Crippen molar-refractivity contribution in [1.82, 2.24) is 5.32 Å². The molecule has 1 amide bonds. The molecule has 4 nitrogen and oxygen atoms in total. The van der Waals surface area contributed by atoms with E-state index in [2.05, 4.69) is 16.2 Å². The van der Waals surface area contributed by atoms with E-state index in [-0.39, 0.29) is 12.5 Å². The third-order valence-corrected chi connectivity index (χ3v) is 5.39. The fraction of sp³-hybridized carbons (Fsp3) is 0.0435. The highest BCUT2D eigenvalue weighted by Gasteiger charge is 2.24. The standard InChI is InChI=1S/C23H15ClN2O2S/c1-2-13-28-20-12-7-15-5-3-4-6-18(15)19(20)14-21-22(27)26-23(29-21)25-17-10-8-16(24)9-11-17/h1,3-12,14H,13H2,(H,25,26,27)/b21-14-. The van der Waals surface area contributed by atoms with Crippen LogP contribution in [-0.4, -0.2) is 17.7 Å². The van der Waals surface area contributed by atoms with Crippen LogP contribution in [-0.2, 0) is 4.79 Å². The predicted octanol–water partition coefficient (Wildman–Crippen LogP) is 5.40. The second-order valence-electron chi connectivity index (χ2n) is 6.15. The van der Waals surface area contributed by atoms with Crippen LogP contribution >= 0.6 is 23.4 Å². The van der Waals surface area contributed by atoms with E-state index < -0.39 is 0 Å². The number of carbonyl (C=O) groups excluding carboxylic acids is 1. The van der Waals surface area contributed by atoms with Gasteiger partial charge in [-0.25, -0.2) is 4.99 Å². The lowest BCUT2D eigenvalue weighted by molar-refractivity contribution is -0.115. The maximum absolute atomic E-state index is 12.5. The number of nitrogens with one attached hydrogen (secondary N) is 1. The molecule has 3 aromatic carbocycles. The normalized spacial score (nSPS) is 16.2. The van der Waals surface area contributed by atoms with E-state index in [4.69, 9.17) is 22.8 Å². The topological polar surface area (TPSA) is 50.7 Å². The molecule has 1 saturated heterocycles. The Morgan fingerprint density at radius 2 is 1.93 bits per heavy atom. The number of carbonyl (C=O) groups is 1. The van der Waals surface area contributed by atoms with Gasteiger partial charge < -0.3 is 10.1 Å². The van der Waals surface area contributed by atoms with Gasteiger partial charge in [0, 0.05) is 10.6 Å². The van der Waals surface area contributed by atoms with Crippen LogP contribution in [0.3, 0.4) is 0 Å². The molecule has 0 radical (unpaired) electrons. The number of amides is 1. The highest BCUT2D eigenvalue weighted by atomic mass is 35.5. The number of benzene rings is 3. The molecule has 1 aliphatic heterocycles. The Kier molecular flexibility index (Phi) is 5.57. The lowest BCUT2D eigenvalue weighted by Crippen LogP contribution is -2.19. The second kappa shape index (κ2) is 8.44. The van der Waals surface area contributed by atoms with E-state index in [1.807, 2.05) is 42.5 Å². The number of halogens is 1. The minimum Gasteiger partial charge on any atom is -0.480 e. The van der Waals surface area contributed by atoms with Crippen LogP contribution in [0, 0.1) is 12.3 Å². The first-order chi connectivity index (χ1) is 14.1. The zero-order chi connectivity index (χ0) is 20.2. The average molecular weight is 419 g/mol. The number of hydrogen-bond donors (Lipinski definition) is 1. The smallest absolute Gasteiger partial charge is 0.264 e. The molecule has 1 N–H and O–H groups in total. The van der Waals surface area contributed by atoms with Gasteiger partial charge >= 0.3 is 0 Å². The number of rotatable bonds is 4. The van der Waals surface area contributed by atoms with Gasteiger partial charge in [-0.1, -0.05) is 47.9 Å². The lowest BCUT2D eigenvalue weighted by Gasteiger charge is -2.10. The van der Waals surface area contributed by atoms with Crippen molar-refractivity contribution >= 4 is 57.0 Å². The predicted molar refractivity (Wildman–Crippen MR) is 121 cm³/mol. The summed E-state index contributed by atoms with van der Waals surface area (Å²) in [6, 6.07) is 18.8. The molecule has 0 atom stereocenters. The molecule has 1 aliphatic rings. The van der Waals surface area contributed by atoms with E-state index in [0.29, 0.717) is 26.5 Å². The fourth-order valence-electron chi connectivity index (χ4n) is 2.91. The largest absolute Gasteiger partial charge is 0.480 e. The van der Waals surface area contributed by atoms with Crippen LogP contribution in [0.25, 0.3) is 16.8 Å². The summed E-state index contributed by atoms with van der Waals surface area (Å²) in [7, 11) is 0. The summed E-state index contributed by atoms with van der Waals surface area (Å²) >= 11 is 7.18. The zero-order valence-electron chi connectivity index (χ0n) is 15.2. The van der Waals surface area contributed by atoms with Gasteiger partial charge in [0.05, 0.1) is 10.6 Å². The molecule has 1 heterocycles. The summed E-state index contributed by atoms with van der Waals surface area (Å²) in [4.78, 5) is 17.5. The van der Waals surface area contributed by atoms with Crippen molar-refractivity contribution in [1.29, 1.82) is 0 Å². The number of thioether (sulfide) groups is 1. The van der Waals surface area contributed by atoms with Gasteiger partial charge in [0.1, 0.15) is 12.4 Å². The molecule has 1 fully saturated rings. The summed E-state index contributed by atoms with van der Waals surface area (Å²) in [5.74, 6) is 2.90.